The minimum absolute atomic E-state index is 0.174. The first kappa shape index (κ1) is 10.9. The highest BCUT2D eigenvalue weighted by Crippen LogP contribution is 1.84. The Morgan fingerprint density at radius 3 is 2.27 bits per heavy atom. The van der Waals surface area contributed by atoms with Crippen LogP contribution in [0.5, 0.6) is 0 Å². The molecule has 11 heavy (non-hydrogen) atoms. The highest BCUT2D eigenvalue weighted by molar-refractivity contribution is 7.89. The van der Waals surface area contributed by atoms with Gasteiger partial charge in [0.25, 0.3) is 0 Å². The van der Waals surface area contributed by atoms with Gasteiger partial charge < -0.3 is 4.90 Å². The molecule has 0 atom stereocenters. The number of rotatable bonds is 5. The maximum atomic E-state index is 11.0. The van der Waals surface area contributed by atoms with E-state index in [1.807, 2.05) is 19.0 Å². The topological polar surface area (TPSA) is 49.4 Å². The summed E-state index contributed by atoms with van der Waals surface area (Å²) < 4.78 is 24.4. The third-order valence-electron chi connectivity index (χ3n) is 1.17. The molecule has 0 fully saturated rings. The van der Waals surface area contributed by atoms with E-state index in [4.69, 9.17) is 0 Å². The molecule has 0 aromatic carbocycles. The molecule has 4 nitrogen and oxygen atoms in total. The molecule has 0 aliphatic carbocycles. The van der Waals surface area contributed by atoms with Crippen LogP contribution in [0.25, 0.3) is 0 Å². The maximum absolute atomic E-state index is 11.0. The van der Waals surface area contributed by atoms with Gasteiger partial charge in [-0.15, -0.1) is 0 Å². The van der Waals surface area contributed by atoms with Crippen LogP contribution in [0, 0.1) is 0 Å². The second kappa shape index (κ2) is 4.69. The molecular weight excluding hydrogens is 164 g/mol. The van der Waals surface area contributed by atoms with Crippen molar-refractivity contribution in [3.05, 3.63) is 0 Å². The lowest BCUT2D eigenvalue weighted by Crippen LogP contribution is -2.31. The first-order chi connectivity index (χ1) is 4.98. The standard InChI is InChI=1S/C6H16N2O2S/c1-4-7-11(9,10)6-5-8(2)3/h7H,4-6H2,1-3H3. The third-order valence-corrected chi connectivity index (χ3v) is 2.62. The molecule has 0 saturated heterocycles. The fourth-order valence-electron chi connectivity index (χ4n) is 0.595. The Hall–Kier alpha value is -0.130. The first-order valence-corrected chi connectivity index (χ1v) is 5.25. The molecule has 0 aliphatic rings. The normalized spacial score (nSPS) is 12.4. The van der Waals surface area contributed by atoms with Crippen molar-refractivity contribution in [2.45, 2.75) is 6.92 Å². The summed E-state index contributed by atoms with van der Waals surface area (Å²) in [6, 6.07) is 0. The molecule has 0 aliphatic heterocycles. The minimum Gasteiger partial charge on any atom is -0.308 e. The van der Waals surface area contributed by atoms with Gasteiger partial charge in [0.05, 0.1) is 5.75 Å². The smallest absolute Gasteiger partial charge is 0.212 e. The van der Waals surface area contributed by atoms with Crippen molar-refractivity contribution in [3.8, 4) is 0 Å². The van der Waals surface area contributed by atoms with Gasteiger partial charge in [0.15, 0.2) is 0 Å². The van der Waals surface area contributed by atoms with Gasteiger partial charge in [0, 0.05) is 13.1 Å². The van der Waals surface area contributed by atoms with Crippen molar-refractivity contribution >= 4 is 10.0 Å². The second-order valence-corrected chi connectivity index (χ2v) is 4.55. The first-order valence-electron chi connectivity index (χ1n) is 3.60. The van der Waals surface area contributed by atoms with Crippen LogP contribution < -0.4 is 4.72 Å². The fourth-order valence-corrected chi connectivity index (χ4v) is 1.78. The summed E-state index contributed by atoms with van der Waals surface area (Å²) in [7, 11) is 0.679. The van der Waals surface area contributed by atoms with E-state index in [-0.39, 0.29) is 5.75 Å². The predicted octanol–water partition coefficient (Wildman–Crippen LogP) is -0.513. The van der Waals surface area contributed by atoms with Gasteiger partial charge in [0.1, 0.15) is 0 Å². The Kier molecular flexibility index (Phi) is 4.63. The lowest BCUT2D eigenvalue weighted by Gasteiger charge is -2.09. The van der Waals surface area contributed by atoms with E-state index in [1.54, 1.807) is 6.92 Å². The lowest BCUT2D eigenvalue weighted by atomic mass is 10.7. The van der Waals surface area contributed by atoms with Crippen LogP contribution in [0.4, 0.5) is 0 Å². The van der Waals surface area contributed by atoms with Crippen molar-refractivity contribution in [2.75, 3.05) is 32.9 Å². The van der Waals surface area contributed by atoms with Crippen LogP contribution in [0.3, 0.4) is 0 Å². The van der Waals surface area contributed by atoms with Crippen LogP contribution >= 0.6 is 0 Å². The Labute approximate surface area is 68.6 Å². The average molecular weight is 180 g/mol. The van der Waals surface area contributed by atoms with Gasteiger partial charge >= 0.3 is 0 Å². The SMILES string of the molecule is CCNS(=O)(=O)CCN(C)C. The van der Waals surface area contributed by atoms with Crippen LogP contribution in [-0.4, -0.2) is 46.3 Å². The van der Waals surface area contributed by atoms with E-state index in [0.29, 0.717) is 13.1 Å². The van der Waals surface area contributed by atoms with E-state index in [9.17, 15) is 8.42 Å². The van der Waals surface area contributed by atoms with E-state index in [0.717, 1.165) is 0 Å². The zero-order valence-electron chi connectivity index (χ0n) is 7.29. The van der Waals surface area contributed by atoms with Crippen LogP contribution in [0.2, 0.25) is 0 Å². The molecule has 0 heterocycles. The van der Waals surface area contributed by atoms with Gasteiger partial charge in [0.2, 0.25) is 10.0 Å². The summed E-state index contributed by atoms with van der Waals surface area (Å²) in [5.74, 6) is 0.174. The predicted molar refractivity (Wildman–Crippen MR) is 46.0 cm³/mol. The van der Waals surface area contributed by atoms with Gasteiger partial charge in [-0.3, -0.25) is 0 Å². The highest BCUT2D eigenvalue weighted by Gasteiger charge is 2.07. The molecule has 0 bridgehead atoms. The Morgan fingerprint density at radius 2 is 1.91 bits per heavy atom. The van der Waals surface area contributed by atoms with Gasteiger partial charge in [-0.1, -0.05) is 6.92 Å². The van der Waals surface area contributed by atoms with E-state index >= 15 is 0 Å². The van der Waals surface area contributed by atoms with E-state index in [2.05, 4.69) is 4.72 Å². The largest absolute Gasteiger partial charge is 0.308 e. The molecule has 0 spiro atoms. The summed E-state index contributed by atoms with van der Waals surface area (Å²) in [6.07, 6.45) is 0. The maximum Gasteiger partial charge on any atom is 0.212 e. The van der Waals surface area contributed by atoms with Gasteiger partial charge in [-0.2, -0.15) is 0 Å². The zero-order chi connectivity index (χ0) is 8.91. The highest BCUT2D eigenvalue weighted by atomic mass is 32.2. The second-order valence-electron chi connectivity index (χ2n) is 2.62. The molecule has 0 amide bonds. The molecule has 0 radical (unpaired) electrons. The fraction of sp³-hybridized carbons (Fsp3) is 1.00. The number of hydrogen-bond acceptors (Lipinski definition) is 3. The quantitative estimate of drug-likeness (QED) is 0.620. The van der Waals surface area contributed by atoms with Gasteiger partial charge in [-0.05, 0) is 14.1 Å². The minimum atomic E-state index is -3.02. The number of sulfonamides is 1. The van der Waals surface area contributed by atoms with Crippen LogP contribution in [0.1, 0.15) is 6.92 Å². The molecular formula is C6H16N2O2S. The summed E-state index contributed by atoms with van der Waals surface area (Å²) in [5.41, 5.74) is 0. The van der Waals surface area contributed by atoms with Crippen molar-refractivity contribution in [1.29, 1.82) is 0 Å². The van der Waals surface area contributed by atoms with Crippen molar-refractivity contribution in [2.24, 2.45) is 0 Å². The van der Waals surface area contributed by atoms with Crippen molar-refractivity contribution in [3.63, 3.8) is 0 Å². The zero-order valence-corrected chi connectivity index (χ0v) is 8.11. The Balaban J connectivity index is 3.74. The number of nitrogens with zero attached hydrogens (tertiary/aromatic N) is 1. The molecule has 0 rings (SSSR count). The molecule has 1 N–H and O–H groups in total. The molecule has 0 aromatic rings. The monoisotopic (exact) mass is 180 g/mol. The molecule has 5 heteroatoms. The third kappa shape index (κ3) is 6.28. The van der Waals surface area contributed by atoms with Crippen LogP contribution in [-0.2, 0) is 10.0 Å². The van der Waals surface area contributed by atoms with E-state index < -0.39 is 10.0 Å². The summed E-state index contributed by atoms with van der Waals surface area (Å²) in [4.78, 5) is 1.84. The van der Waals surface area contributed by atoms with E-state index in [1.165, 1.54) is 0 Å². The summed E-state index contributed by atoms with van der Waals surface area (Å²) in [5, 5.41) is 0. The molecule has 0 saturated carbocycles. The van der Waals surface area contributed by atoms with Crippen molar-refractivity contribution < 1.29 is 8.42 Å². The van der Waals surface area contributed by atoms with Crippen LogP contribution in [0.15, 0.2) is 0 Å². The Morgan fingerprint density at radius 1 is 1.36 bits per heavy atom. The Bertz CT molecular complexity index is 187. The molecule has 0 unspecified atom stereocenters. The molecule has 68 valence electrons. The number of nitrogens with one attached hydrogen (secondary N) is 1. The van der Waals surface area contributed by atoms with Gasteiger partial charge in [-0.25, -0.2) is 13.1 Å². The summed E-state index contributed by atoms with van der Waals surface area (Å²) in [6.45, 7) is 2.80. The molecule has 0 aromatic heterocycles. The van der Waals surface area contributed by atoms with Crippen molar-refractivity contribution in [1.82, 2.24) is 9.62 Å². The lowest BCUT2D eigenvalue weighted by molar-refractivity contribution is 0.431. The number of hydrogen-bond donors (Lipinski definition) is 1. The summed E-state index contributed by atoms with van der Waals surface area (Å²) >= 11 is 0. The average Bonchev–Trinajstić information content (AvgIpc) is 1.84.